The van der Waals surface area contributed by atoms with Gasteiger partial charge in [-0.25, -0.2) is 0 Å². The summed E-state index contributed by atoms with van der Waals surface area (Å²) in [6.07, 6.45) is 0.875. The molecule has 0 spiro atoms. The number of rotatable bonds is 4. The lowest BCUT2D eigenvalue weighted by Crippen LogP contribution is -2.12. The molecule has 1 unspecified atom stereocenters. The van der Waals surface area contributed by atoms with Crippen LogP contribution in [-0.4, -0.2) is 13.7 Å². The van der Waals surface area contributed by atoms with Crippen molar-refractivity contribution in [1.82, 2.24) is 0 Å². The Kier molecular flexibility index (Phi) is 3.93. The van der Waals surface area contributed by atoms with E-state index in [0.717, 1.165) is 13.0 Å². The summed E-state index contributed by atoms with van der Waals surface area (Å²) in [5, 5.41) is 0. The second kappa shape index (κ2) is 5.00. The number of hydrogen-bond acceptors (Lipinski definition) is 2. The molecule has 1 rings (SSSR count). The number of benzene rings is 1. The van der Waals surface area contributed by atoms with Gasteiger partial charge in [0.25, 0.3) is 0 Å². The van der Waals surface area contributed by atoms with Gasteiger partial charge in [-0.2, -0.15) is 0 Å². The number of nitrogens with two attached hydrogens (primary N) is 1. The van der Waals surface area contributed by atoms with Crippen LogP contribution in [0.1, 0.15) is 23.6 Å². The molecule has 1 aromatic carbocycles. The Morgan fingerprint density at radius 1 is 1.46 bits per heavy atom. The lowest BCUT2D eigenvalue weighted by molar-refractivity contribution is 0.188. The summed E-state index contributed by atoms with van der Waals surface area (Å²) in [6, 6.07) is 8.40. The lowest BCUT2D eigenvalue weighted by atomic mass is 10.0. The summed E-state index contributed by atoms with van der Waals surface area (Å²) < 4.78 is 4.98. The highest BCUT2D eigenvalue weighted by molar-refractivity contribution is 5.24. The van der Waals surface area contributed by atoms with Gasteiger partial charge in [0, 0.05) is 19.8 Å². The van der Waals surface area contributed by atoms with Crippen molar-refractivity contribution in [3.05, 3.63) is 35.4 Å². The quantitative estimate of drug-likeness (QED) is 0.767. The van der Waals surface area contributed by atoms with Crippen molar-refractivity contribution in [3.8, 4) is 0 Å². The molecule has 0 aliphatic heterocycles. The van der Waals surface area contributed by atoms with Crippen LogP contribution in [0.25, 0.3) is 0 Å². The number of hydrogen-bond donors (Lipinski definition) is 1. The first-order valence-electron chi connectivity index (χ1n) is 4.55. The minimum atomic E-state index is 0.0971. The van der Waals surface area contributed by atoms with E-state index in [1.807, 2.05) is 6.07 Å². The second-order valence-corrected chi connectivity index (χ2v) is 3.30. The van der Waals surface area contributed by atoms with Crippen molar-refractivity contribution in [1.29, 1.82) is 0 Å². The second-order valence-electron chi connectivity index (χ2n) is 3.30. The summed E-state index contributed by atoms with van der Waals surface area (Å²) in [7, 11) is 1.70. The summed E-state index contributed by atoms with van der Waals surface area (Å²) in [5.41, 5.74) is 8.42. The van der Waals surface area contributed by atoms with E-state index in [1.54, 1.807) is 7.11 Å². The van der Waals surface area contributed by atoms with Gasteiger partial charge in [0.05, 0.1) is 0 Å². The molecule has 2 nitrogen and oxygen atoms in total. The van der Waals surface area contributed by atoms with E-state index >= 15 is 0 Å². The third-order valence-corrected chi connectivity index (χ3v) is 2.10. The monoisotopic (exact) mass is 179 g/mol. The topological polar surface area (TPSA) is 35.2 Å². The maximum Gasteiger partial charge on any atom is 0.0480 e. The molecule has 2 heteroatoms. The van der Waals surface area contributed by atoms with Crippen molar-refractivity contribution >= 4 is 0 Å². The molecule has 13 heavy (non-hydrogen) atoms. The Labute approximate surface area is 79.7 Å². The van der Waals surface area contributed by atoms with Crippen LogP contribution in [0, 0.1) is 6.92 Å². The molecule has 0 bridgehead atoms. The van der Waals surface area contributed by atoms with Crippen LogP contribution in [0.2, 0.25) is 0 Å². The third kappa shape index (κ3) is 3.17. The van der Waals surface area contributed by atoms with E-state index in [4.69, 9.17) is 10.5 Å². The van der Waals surface area contributed by atoms with Gasteiger partial charge in [0.15, 0.2) is 0 Å². The van der Waals surface area contributed by atoms with Crippen molar-refractivity contribution in [2.45, 2.75) is 19.4 Å². The van der Waals surface area contributed by atoms with Crippen LogP contribution in [0.5, 0.6) is 0 Å². The van der Waals surface area contributed by atoms with E-state index in [-0.39, 0.29) is 6.04 Å². The van der Waals surface area contributed by atoms with E-state index in [2.05, 4.69) is 25.1 Å². The first-order chi connectivity index (χ1) is 6.24. The Morgan fingerprint density at radius 3 is 2.85 bits per heavy atom. The summed E-state index contributed by atoms with van der Waals surface area (Å²) >= 11 is 0. The number of methoxy groups -OCH3 is 1. The molecule has 0 radical (unpaired) electrons. The van der Waals surface area contributed by atoms with Crippen molar-refractivity contribution < 1.29 is 4.74 Å². The van der Waals surface area contributed by atoms with Crippen LogP contribution in [0.3, 0.4) is 0 Å². The zero-order valence-corrected chi connectivity index (χ0v) is 8.29. The van der Waals surface area contributed by atoms with Crippen LogP contribution in [0.4, 0.5) is 0 Å². The highest BCUT2D eigenvalue weighted by Gasteiger charge is 2.04. The Bertz CT molecular complexity index is 260. The van der Waals surface area contributed by atoms with Gasteiger partial charge in [0.1, 0.15) is 0 Å². The summed E-state index contributed by atoms with van der Waals surface area (Å²) in [4.78, 5) is 0. The normalized spacial score (nSPS) is 12.8. The number of ether oxygens (including phenoxy) is 1. The molecular formula is C11H17NO. The molecule has 0 fully saturated rings. The molecule has 2 N–H and O–H groups in total. The Morgan fingerprint density at radius 2 is 2.23 bits per heavy atom. The Balaban J connectivity index is 2.60. The van der Waals surface area contributed by atoms with Gasteiger partial charge in [-0.05, 0) is 18.9 Å². The molecule has 1 aromatic rings. The van der Waals surface area contributed by atoms with Crippen LogP contribution in [0.15, 0.2) is 24.3 Å². The van der Waals surface area contributed by atoms with E-state index in [1.165, 1.54) is 11.1 Å². The van der Waals surface area contributed by atoms with Crippen molar-refractivity contribution in [2.24, 2.45) is 5.73 Å². The van der Waals surface area contributed by atoms with E-state index in [0.29, 0.717) is 0 Å². The maximum atomic E-state index is 5.97. The van der Waals surface area contributed by atoms with Gasteiger partial charge < -0.3 is 10.5 Å². The standard InChI is InChI=1S/C11H17NO/c1-9-4-3-5-10(8-9)11(12)6-7-13-2/h3-5,8,11H,6-7,12H2,1-2H3. The molecule has 0 saturated heterocycles. The smallest absolute Gasteiger partial charge is 0.0480 e. The summed E-state index contributed by atoms with van der Waals surface area (Å²) in [6.45, 7) is 2.79. The lowest BCUT2D eigenvalue weighted by Gasteiger charge is -2.11. The van der Waals surface area contributed by atoms with Gasteiger partial charge in [-0.1, -0.05) is 29.8 Å². The first-order valence-corrected chi connectivity index (χ1v) is 4.55. The highest BCUT2D eigenvalue weighted by atomic mass is 16.5. The van der Waals surface area contributed by atoms with Crippen LogP contribution < -0.4 is 5.73 Å². The molecule has 0 aromatic heterocycles. The molecule has 0 aliphatic carbocycles. The minimum Gasteiger partial charge on any atom is -0.385 e. The SMILES string of the molecule is COCCC(N)c1cccc(C)c1. The van der Waals surface area contributed by atoms with Gasteiger partial charge in [-0.15, -0.1) is 0 Å². The predicted octanol–water partition coefficient (Wildman–Crippen LogP) is 2.03. The average molecular weight is 179 g/mol. The van der Waals surface area contributed by atoms with Gasteiger partial charge in [-0.3, -0.25) is 0 Å². The number of aryl methyl sites for hydroxylation is 1. The van der Waals surface area contributed by atoms with Gasteiger partial charge >= 0.3 is 0 Å². The molecule has 0 heterocycles. The fraction of sp³-hybridized carbons (Fsp3) is 0.455. The maximum absolute atomic E-state index is 5.97. The molecular weight excluding hydrogens is 162 g/mol. The Hall–Kier alpha value is -0.860. The third-order valence-electron chi connectivity index (χ3n) is 2.10. The molecule has 72 valence electrons. The average Bonchev–Trinajstić information content (AvgIpc) is 2.14. The van der Waals surface area contributed by atoms with Crippen molar-refractivity contribution in [2.75, 3.05) is 13.7 Å². The minimum absolute atomic E-state index is 0.0971. The van der Waals surface area contributed by atoms with E-state index < -0.39 is 0 Å². The fourth-order valence-corrected chi connectivity index (χ4v) is 1.31. The zero-order chi connectivity index (χ0) is 9.68. The van der Waals surface area contributed by atoms with Crippen molar-refractivity contribution in [3.63, 3.8) is 0 Å². The highest BCUT2D eigenvalue weighted by Crippen LogP contribution is 2.14. The van der Waals surface area contributed by atoms with E-state index in [9.17, 15) is 0 Å². The van der Waals surface area contributed by atoms with Crippen LogP contribution in [-0.2, 0) is 4.74 Å². The first kappa shape index (κ1) is 10.2. The largest absolute Gasteiger partial charge is 0.385 e. The summed E-state index contributed by atoms with van der Waals surface area (Å²) in [5.74, 6) is 0. The molecule has 1 atom stereocenters. The van der Waals surface area contributed by atoms with Crippen LogP contribution >= 0.6 is 0 Å². The fourth-order valence-electron chi connectivity index (χ4n) is 1.31. The molecule has 0 amide bonds. The predicted molar refractivity (Wildman–Crippen MR) is 54.6 cm³/mol. The molecule has 0 aliphatic rings. The zero-order valence-electron chi connectivity index (χ0n) is 8.29. The van der Waals surface area contributed by atoms with Gasteiger partial charge in [0.2, 0.25) is 0 Å². The molecule has 0 saturated carbocycles.